The highest BCUT2D eigenvalue weighted by Gasteiger charge is 2.09. The molecule has 0 fully saturated rings. The molecule has 1 heterocycles. The average Bonchev–Trinajstić information content (AvgIpc) is 2.89. The quantitative estimate of drug-likeness (QED) is 0.848. The Bertz CT molecular complexity index is 630. The van der Waals surface area contributed by atoms with Crippen LogP contribution in [-0.4, -0.2) is 36.9 Å². The first kappa shape index (κ1) is 15.0. The van der Waals surface area contributed by atoms with Gasteiger partial charge in [0.25, 0.3) is 0 Å². The van der Waals surface area contributed by atoms with Crippen LogP contribution in [0, 0.1) is 6.92 Å². The maximum atomic E-state index is 11.8. The number of rotatable bonds is 6. The molecule has 8 heteroatoms. The molecule has 0 aliphatic carbocycles. The normalized spacial score (nSPS) is 10.0. The van der Waals surface area contributed by atoms with Crippen LogP contribution in [0.1, 0.15) is 5.01 Å². The van der Waals surface area contributed by atoms with Gasteiger partial charge in [-0.15, -0.1) is 10.2 Å². The molecule has 0 saturated carbocycles. The number of ether oxygens (including phenoxy) is 2. The number of methoxy groups -OCH3 is 2. The zero-order chi connectivity index (χ0) is 15.2. The number of hydrogen-bond donors (Lipinski definition) is 2. The number of aromatic nitrogens is 2. The van der Waals surface area contributed by atoms with Gasteiger partial charge in [-0.1, -0.05) is 11.3 Å². The van der Waals surface area contributed by atoms with E-state index in [1.54, 1.807) is 32.4 Å². The minimum absolute atomic E-state index is 0.0855. The fourth-order valence-electron chi connectivity index (χ4n) is 1.64. The van der Waals surface area contributed by atoms with Crippen LogP contribution in [0.4, 0.5) is 10.8 Å². The summed E-state index contributed by atoms with van der Waals surface area (Å²) in [5, 5.41) is 14.6. The molecule has 0 aliphatic heterocycles. The summed E-state index contributed by atoms with van der Waals surface area (Å²) < 4.78 is 10.4. The van der Waals surface area contributed by atoms with E-state index in [0.29, 0.717) is 22.3 Å². The van der Waals surface area contributed by atoms with Crippen LogP contribution in [0.2, 0.25) is 0 Å². The molecule has 0 spiro atoms. The molecule has 0 atom stereocenters. The van der Waals surface area contributed by atoms with E-state index in [1.165, 1.54) is 11.3 Å². The molecular formula is C13H16N4O3S. The van der Waals surface area contributed by atoms with Gasteiger partial charge in [0.15, 0.2) is 0 Å². The summed E-state index contributed by atoms with van der Waals surface area (Å²) in [5.74, 6) is 1.10. The number of hydrogen-bond acceptors (Lipinski definition) is 7. The van der Waals surface area contributed by atoms with Gasteiger partial charge < -0.3 is 14.8 Å². The van der Waals surface area contributed by atoms with E-state index >= 15 is 0 Å². The van der Waals surface area contributed by atoms with Crippen molar-refractivity contribution in [3.8, 4) is 11.5 Å². The fraction of sp³-hybridized carbons (Fsp3) is 0.308. The standard InChI is InChI=1S/C13H16N4O3S/c1-8-16-17-13(21-8)15-12(18)7-14-10-6-9(19-2)4-5-11(10)20-3/h4-6,14H,7H2,1-3H3,(H,15,17,18). The number of nitrogens with zero attached hydrogens (tertiary/aromatic N) is 2. The molecule has 1 aromatic carbocycles. The monoisotopic (exact) mass is 308 g/mol. The molecule has 112 valence electrons. The lowest BCUT2D eigenvalue weighted by Crippen LogP contribution is -2.21. The van der Waals surface area contributed by atoms with E-state index in [0.717, 1.165) is 5.01 Å². The minimum atomic E-state index is -0.212. The summed E-state index contributed by atoms with van der Waals surface area (Å²) in [7, 11) is 3.15. The van der Waals surface area contributed by atoms with Crippen LogP contribution in [0.15, 0.2) is 18.2 Å². The number of anilines is 2. The van der Waals surface area contributed by atoms with Crippen molar-refractivity contribution in [1.82, 2.24) is 10.2 Å². The van der Waals surface area contributed by atoms with Crippen LogP contribution in [-0.2, 0) is 4.79 Å². The van der Waals surface area contributed by atoms with Gasteiger partial charge in [0.1, 0.15) is 16.5 Å². The Balaban J connectivity index is 1.97. The van der Waals surface area contributed by atoms with Crippen LogP contribution in [0.25, 0.3) is 0 Å². The first-order valence-electron chi connectivity index (χ1n) is 6.18. The molecule has 7 nitrogen and oxygen atoms in total. The topological polar surface area (TPSA) is 85.4 Å². The van der Waals surface area contributed by atoms with Crippen LogP contribution in [0.3, 0.4) is 0 Å². The third-order valence-electron chi connectivity index (χ3n) is 2.62. The Morgan fingerprint density at radius 2 is 2.10 bits per heavy atom. The van der Waals surface area contributed by atoms with Crippen molar-refractivity contribution in [1.29, 1.82) is 0 Å². The lowest BCUT2D eigenvalue weighted by atomic mass is 10.2. The van der Waals surface area contributed by atoms with E-state index in [9.17, 15) is 4.79 Å². The van der Waals surface area contributed by atoms with E-state index in [2.05, 4.69) is 20.8 Å². The highest BCUT2D eigenvalue weighted by Crippen LogP contribution is 2.28. The van der Waals surface area contributed by atoms with E-state index in [4.69, 9.17) is 9.47 Å². The number of benzene rings is 1. The second-order valence-electron chi connectivity index (χ2n) is 4.09. The van der Waals surface area contributed by atoms with Crippen molar-refractivity contribution in [3.63, 3.8) is 0 Å². The summed E-state index contributed by atoms with van der Waals surface area (Å²) in [6.45, 7) is 1.91. The fourth-order valence-corrected chi connectivity index (χ4v) is 2.25. The Kier molecular flexibility index (Phi) is 4.94. The van der Waals surface area contributed by atoms with Crippen molar-refractivity contribution in [2.24, 2.45) is 0 Å². The average molecular weight is 308 g/mol. The predicted molar refractivity (Wildman–Crippen MR) is 81.3 cm³/mol. The van der Waals surface area contributed by atoms with Gasteiger partial charge in [0.05, 0.1) is 26.5 Å². The van der Waals surface area contributed by atoms with Crippen molar-refractivity contribution >= 4 is 28.1 Å². The molecule has 1 aromatic heterocycles. The molecule has 2 rings (SSSR count). The predicted octanol–water partition coefficient (Wildman–Crippen LogP) is 1.91. The summed E-state index contributed by atoms with van der Waals surface area (Å²) in [6.07, 6.45) is 0. The third kappa shape index (κ3) is 4.06. The Morgan fingerprint density at radius 1 is 1.29 bits per heavy atom. The molecule has 21 heavy (non-hydrogen) atoms. The minimum Gasteiger partial charge on any atom is -0.497 e. The summed E-state index contributed by atoms with van der Waals surface area (Å²) >= 11 is 1.32. The number of nitrogens with one attached hydrogen (secondary N) is 2. The van der Waals surface area contributed by atoms with Gasteiger partial charge in [-0.05, 0) is 19.1 Å². The second kappa shape index (κ2) is 6.89. The summed E-state index contributed by atoms with van der Waals surface area (Å²) in [4.78, 5) is 11.8. The molecule has 0 radical (unpaired) electrons. The van der Waals surface area contributed by atoms with Crippen molar-refractivity contribution in [3.05, 3.63) is 23.2 Å². The molecular weight excluding hydrogens is 292 g/mol. The van der Waals surface area contributed by atoms with Gasteiger partial charge in [-0.3, -0.25) is 10.1 Å². The molecule has 0 aliphatic rings. The lowest BCUT2D eigenvalue weighted by Gasteiger charge is -2.12. The largest absolute Gasteiger partial charge is 0.497 e. The molecule has 1 amide bonds. The van der Waals surface area contributed by atoms with Gasteiger partial charge in [0, 0.05) is 6.07 Å². The molecule has 2 N–H and O–H groups in total. The first-order valence-corrected chi connectivity index (χ1v) is 7.00. The molecule has 0 saturated heterocycles. The van der Waals surface area contributed by atoms with E-state index in [1.807, 2.05) is 6.92 Å². The number of carbonyl (C=O) groups excluding carboxylic acids is 1. The molecule has 0 unspecified atom stereocenters. The maximum Gasteiger partial charge on any atom is 0.245 e. The van der Waals surface area contributed by atoms with Gasteiger partial charge in [0.2, 0.25) is 11.0 Å². The van der Waals surface area contributed by atoms with Gasteiger partial charge in [-0.2, -0.15) is 0 Å². The Morgan fingerprint density at radius 3 is 2.71 bits per heavy atom. The third-order valence-corrected chi connectivity index (χ3v) is 3.37. The van der Waals surface area contributed by atoms with Gasteiger partial charge in [-0.25, -0.2) is 0 Å². The van der Waals surface area contributed by atoms with Crippen LogP contribution in [0.5, 0.6) is 11.5 Å². The van der Waals surface area contributed by atoms with E-state index < -0.39 is 0 Å². The lowest BCUT2D eigenvalue weighted by molar-refractivity contribution is -0.114. The number of aryl methyl sites for hydroxylation is 1. The molecule has 0 bridgehead atoms. The van der Waals surface area contributed by atoms with Crippen molar-refractivity contribution in [2.45, 2.75) is 6.92 Å². The van der Waals surface area contributed by atoms with Crippen molar-refractivity contribution in [2.75, 3.05) is 31.4 Å². The maximum absolute atomic E-state index is 11.8. The van der Waals surface area contributed by atoms with Gasteiger partial charge >= 0.3 is 0 Å². The highest BCUT2D eigenvalue weighted by atomic mass is 32.1. The zero-order valence-electron chi connectivity index (χ0n) is 12.0. The smallest absolute Gasteiger partial charge is 0.245 e. The number of amides is 1. The first-order chi connectivity index (χ1) is 10.1. The highest BCUT2D eigenvalue weighted by molar-refractivity contribution is 7.15. The SMILES string of the molecule is COc1ccc(OC)c(NCC(=O)Nc2nnc(C)s2)c1. The second-order valence-corrected chi connectivity index (χ2v) is 5.28. The van der Waals surface area contributed by atoms with Crippen molar-refractivity contribution < 1.29 is 14.3 Å². The summed E-state index contributed by atoms with van der Waals surface area (Å²) in [6, 6.07) is 5.32. The molecule has 2 aromatic rings. The zero-order valence-corrected chi connectivity index (χ0v) is 12.8. The van der Waals surface area contributed by atoms with E-state index in [-0.39, 0.29) is 12.5 Å². The Labute approximate surface area is 126 Å². The Hall–Kier alpha value is -2.35. The number of carbonyl (C=O) groups is 1. The van der Waals surface area contributed by atoms with Crippen LogP contribution < -0.4 is 20.1 Å². The summed E-state index contributed by atoms with van der Waals surface area (Å²) in [5.41, 5.74) is 0.681. The van der Waals surface area contributed by atoms with Crippen LogP contribution >= 0.6 is 11.3 Å².